The van der Waals surface area contributed by atoms with Crippen LogP contribution in [0.15, 0.2) is 12.4 Å². The van der Waals surface area contributed by atoms with Gasteiger partial charge in [0.05, 0.1) is 36.0 Å². The fraction of sp³-hybridized carbons (Fsp3) is 0.562. The average molecular weight is 347 g/mol. The van der Waals surface area contributed by atoms with Crippen molar-refractivity contribution in [1.29, 1.82) is 0 Å². The summed E-state index contributed by atoms with van der Waals surface area (Å²) in [4.78, 5) is 20.1. The lowest BCUT2D eigenvalue weighted by molar-refractivity contribution is 0.112. The van der Waals surface area contributed by atoms with E-state index in [0.29, 0.717) is 24.9 Å². The van der Waals surface area contributed by atoms with Gasteiger partial charge in [0.2, 0.25) is 0 Å². The summed E-state index contributed by atoms with van der Waals surface area (Å²) >= 11 is 1.52. The minimum absolute atomic E-state index is 0.0735. The summed E-state index contributed by atoms with van der Waals surface area (Å²) in [6.45, 7) is 4.80. The molecule has 0 bridgehead atoms. The van der Waals surface area contributed by atoms with E-state index in [4.69, 9.17) is 4.74 Å². The molecule has 2 aromatic heterocycles. The molecule has 0 aromatic carbocycles. The summed E-state index contributed by atoms with van der Waals surface area (Å²) in [5, 5.41) is 8.02. The largest absolute Gasteiger partial charge is 0.375 e. The van der Waals surface area contributed by atoms with Gasteiger partial charge in [0.15, 0.2) is 5.13 Å². The van der Waals surface area contributed by atoms with Crippen LogP contribution in [0.3, 0.4) is 0 Å². The third-order valence-corrected chi connectivity index (χ3v) is 5.48. The standard InChI is InChI=1S/C16H21N5O2S/c1-11-7-17-21(8-11)12-3-2-5-20(9-12)16(22)19-15-18-13-4-6-23-10-14(13)24-15/h7-8,12H,2-6,9-10H2,1H3,(H,18,19,22)/t12-/m0/s1. The first-order chi connectivity index (χ1) is 11.7. The van der Waals surface area contributed by atoms with Crippen molar-refractivity contribution in [2.24, 2.45) is 0 Å². The van der Waals surface area contributed by atoms with Gasteiger partial charge in [-0.05, 0) is 25.3 Å². The summed E-state index contributed by atoms with van der Waals surface area (Å²) in [5.41, 5.74) is 2.21. The highest BCUT2D eigenvalue weighted by molar-refractivity contribution is 7.15. The molecular formula is C16H21N5O2S. The van der Waals surface area contributed by atoms with Crippen molar-refractivity contribution >= 4 is 22.5 Å². The monoisotopic (exact) mass is 347 g/mol. The lowest BCUT2D eigenvalue weighted by atomic mass is 10.1. The van der Waals surface area contributed by atoms with Gasteiger partial charge in [-0.25, -0.2) is 9.78 Å². The number of fused-ring (bicyclic) bond motifs is 1. The van der Waals surface area contributed by atoms with Crippen LogP contribution in [0.25, 0.3) is 0 Å². The highest BCUT2D eigenvalue weighted by Crippen LogP contribution is 2.28. The van der Waals surface area contributed by atoms with E-state index in [9.17, 15) is 4.79 Å². The molecule has 2 amide bonds. The molecule has 0 spiro atoms. The van der Waals surface area contributed by atoms with Gasteiger partial charge in [0.1, 0.15) is 0 Å². The Kier molecular flexibility index (Phi) is 4.24. The van der Waals surface area contributed by atoms with E-state index in [-0.39, 0.29) is 12.1 Å². The summed E-state index contributed by atoms with van der Waals surface area (Å²) < 4.78 is 7.41. The number of rotatable bonds is 2. The summed E-state index contributed by atoms with van der Waals surface area (Å²) in [5.74, 6) is 0. The van der Waals surface area contributed by atoms with Crippen molar-refractivity contribution in [1.82, 2.24) is 19.7 Å². The number of amides is 2. The van der Waals surface area contributed by atoms with Crippen molar-refractivity contribution in [3.8, 4) is 0 Å². The van der Waals surface area contributed by atoms with Crippen LogP contribution in [0.1, 0.15) is 35.0 Å². The first-order valence-corrected chi connectivity index (χ1v) is 9.14. The van der Waals surface area contributed by atoms with Gasteiger partial charge in [-0.1, -0.05) is 11.3 Å². The van der Waals surface area contributed by atoms with Gasteiger partial charge < -0.3 is 9.64 Å². The lowest BCUT2D eigenvalue weighted by Crippen LogP contribution is -2.43. The minimum atomic E-state index is -0.0735. The second kappa shape index (κ2) is 6.52. The molecule has 7 nitrogen and oxygen atoms in total. The van der Waals surface area contributed by atoms with Crippen molar-refractivity contribution in [2.45, 2.75) is 38.8 Å². The number of piperidine rings is 1. The zero-order chi connectivity index (χ0) is 16.5. The quantitative estimate of drug-likeness (QED) is 0.906. The molecule has 2 aromatic rings. The van der Waals surface area contributed by atoms with Crippen LogP contribution >= 0.6 is 11.3 Å². The first kappa shape index (κ1) is 15.6. The number of urea groups is 1. The van der Waals surface area contributed by atoms with Crippen LogP contribution in [0.4, 0.5) is 9.93 Å². The molecule has 0 unspecified atom stereocenters. The van der Waals surface area contributed by atoms with Crippen LogP contribution < -0.4 is 5.32 Å². The number of hydrogen-bond donors (Lipinski definition) is 1. The molecule has 0 radical (unpaired) electrons. The Morgan fingerprint density at radius 3 is 3.21 bits per heavy atom. The van der Waals surface area contributed by atoms with Gasteiger partial charge >= 0.3 is 6.03 Å². The maximum Gasteiger partial charge on any atom is 0.323 e. The smallest absolute Gasteiger partial charge is 0.323 e. The van der Waals surface area contributed by atoms with Gasteiger partial charge in [-0.2, -0.15) is 5.10 Å². The molecule has 1 N–H and O–H groups in total. The van der Waals surface area contributed by atoms with Crippen LogP contribution in [-0.2, 0) is 17.8 Å². The van der Waals surface area contributed by atoms with Crippen molar-refractivity contribution in [2.75, 3.05) is 25.0 Å². The van der Waals surface area contributed by atoms with Crippen LogP contribution in [0, 0.1) is 6.92 Å². The van der Waals surface area contributed by atoms with E-state index in [2.05, 4.69) is 15.4 Å². The lowest BCUT2D eigenvalue weighted by Gasteiger charge is -2.32. The third-order valence-electron chi connectivity index (χ3n) is 4.50. The molecule has 1 fully saturated rings. The Morgan fingerprint density at radius 1 is 1.50 bits per heavy atom. The number of ether oxygens (including phenoxy) is 1. The number of anilines is 1. The predicted molar refractivity (Wildman–Crippen MR) is 91.3 cm³/mol. The van der Waals surface area contributed by atoms with Crippen LogP contribution in [0.5, 0.6) is 0 Å². The third kappa shape index (κ3) is 3.16. The van der Waals surface area contributed by atoms with Crippen molar-refractivity contribution in [3.05, 3.63) is 28.5 Å². The Morgan fingerprint density at radius 2 is 2.42 bits per heavy atom. The molecule has 2 aliphatic rings. The summed E-state index contributed by atoms with van der Waals surface area (Å²) in [7, 11) is 0. The van der Waals surface area contributed by atoms with Gasteiger partial charge in [0.25, 0.3) is 0 Å². The number of nitrogens with zero attached hydrogens (tertiary/aromatic N) is 4. The Labute approximate surface area is 144 Å². The summed E-state index contributed by atoms with van der Waals surface area (Å²) in [6.07, 6.45) is 6.77. The zero-order valence-corrected chi connectivity index (χ0v) is 14.5. The normalized spacial score (nSPS) is 20.7. The molecule has 24 heavy (non-hydrogen) atoms. The number of hydrogen-bond acceptors (Lipinski definition) is 5. The maximum atomic E-state index is 12.6. The molecule has 4 heterocycles. The summed E-state index contributed by atoms with van der Waals surface area (Å²) in [6, 6.07) is 0.173. The molecule has 0 aliphatic carbocycles. The Balaban J connectivity index is 1.41. The molecule has 1 saturated heterocycles. The van der Waals surface area contributed by atoms with E-state index in [1.165, 1.54) is 11.3 Å². The number of thiazole rings is 1. The average Bonchev–Trinajstić information content (AvgIpc) is 3.20. The second-order valence-corrected chi connectivity index (χ2v) is 7.45. The number of nitrogens with one attached hydrogen (secondary N) is 1. The highest BCUT2D eigenvalue weighted by atomic mass is 32.1. The van der Waals surface area contributed by atoms with Crippen LogP contribution in [-0.4, -0.2) is 45.4 Å². The Hall–Kier alpha value is -1.93. The van der Waals surface area contributed by atoms with E-state index in [1.807, 2.05) is 28.9 Å². The minimum Gasteiger partial charge on any atom is -0.375 e. The highest BCUT2D eigenvalue weighted by Gasteiger charge is 2.26. The molecule has 0 saturated carbocycles. The van der Waals surface area contributed by atoms with Gasteiger partial charge in [-0.15, -0.1) is 0 Å². The van der Waals surface area contributed by atoms with E-state index >= 15 is 0 Å². The fourth-order valence-electron chi connectivity index (χ4n) is 3.24. The van der Waals surface area contributed by atoms with Crippen molar-refractivity contribution < 1.29 is 9.53 Å². The number of aryl methyl sites for hydroxylation is 1. The number of carbonyl (C=O) groups is 1. The number of likely N-dealkylation sites (tertiary alicyclic amines) is 1. The predicted octanol–water partition coefficient (Wildman–Crippen LogP) is 2.59. The topological polar surface area (TPSA) is 72.3 Å². The van der Waals surface area contributed by atoms with Gasteiger partial charge in [0, 0.05) is 25.7 Å². The molecule has 1 atom stereocenters. The number of aromatic nitrogens is 3. The molecular weight excluding hydrogens is 326 g/mol. The van der Waals surface area contributed by atoms with E-state index in [1.54, 1.807) is 0 Å². The first-order valence-electron chi connectivity index (χ1n) is 8.32. The molecule has 8 heteroatoms. The van der Waals surface area contributed by atoms with E-state index in [0.717, 1.165) is 41.9 Å². The zero-order valence-electron chi connectivity index (χ0n) is 13.7. The maximum absolute atomic E-state index is 12.6. The van der Waals surface area contributed by atoms with Crippen LogP contribution in [0.2, 0.25) is 0 Å². The van der Waals surface area contributed by atoms with Gasteiger partial charge in [-0.3, -0.25) is 10.00 Å². The SMILES string of the molecule is Cc1cnn([C@H]2CCCN(C(=O)Nc3nc4c(s3)COCC4)C2)c1. The van der Waals surface area contributed by atoms with Crippen molar-refractivity contribution in [3.63, 3.8) is 0 Å². The molecule has 4 rings (SSSR count). The number of carbonyl (C=O) groups excluding carboxylic acids is 1. The van der Waals surface area contributed by atoms with E-state index < -0.39 is 0 Å². The Bertz CT molecular complexity index is 717. The molecule has 2 aliphatic heterocycles. The second-order valence-electron chi connectivity index (χ2n) is 6.36. The molecule has 128 valence electrons. The fourth-order valence-corrected chi connectivity index (χ4v) is 4.17.